The Balaban J connectivity index is 2.38. The lowest BCUT2D eigenvalue weighted by atomic mass is 10.1. The van der Waals surface area contributed by atoms with Crippen LogP contribution in [0.25, 0.3) is 0 Å². The third-order valence-electron chi connectivity index (χ3n) is 2.82. The topological polar surface area (TPSA) is 24.5 Å². The van der Waals surface area contributed by atoms with Gasteiger partial charge in [0.25, 0.3) is 0 Å². The SMILES string of the molecule is CCN1CC(C)Nc2ccc(OC)cc21. The Bertz CT molecular complexity index is 351. The minimum absolute atomic E-state index is 0.505. The number of hydrogen-bond acceptors (Lipinski definition) is 3. The molecule has 0 amide bonds. The normalized spacial score (nSPS) is 19.4. The maximum absolute atomic E-state index is 5.25. The lowest BCUT2D eigenvalue weighted by Crippen LogP contribution is -2.39. The maximum atomic E-state index is 5.25. The van der Waals surface area contributed by atoms with Crippen molar-refractivity contribution in [3.05, 3.63) is 18.2 Å². The molecule has 0 spiro atoms. The van der Waals surface area contributed by atoms with Gasteiger partial charge in [0.05, 0.1) is 18.5 Å². The summed E-state index contributed by atoms with van der Waals surface area (Å²) < 4.78 is 5.25. The lowest BCUT2D eigenvalue weighted by molar-refractivity contribution is 0.414. The number of nitrogens with one attached hydrogen (secondary N) is 1. The fourth-order valence-corrected chi connectivity index (χ4v) is 2.06. The molecule has 0 aromatic heterocycles. The molecule has 0 radical (unpaired) electrons. The van der Waals surface area contributed by atoms with Crippen molar-refractivity contribution in [3.8, 4) is 5.75 Å². The van der Waals surface area contributed by atoms with Crippen LogP contribution in [0, 0.1) is 0 Å². The highest BCUT2D eigenvalue weighted by atomic mass is 16.5. The van der Waals surface area contributed by atoms with Gasteiger partial charge in [0.2, 0.25) is 0 Å². The zero-order chi connectivity index (χ0) is 10.8. The first kappa shape index (κ1) is 10.1. The van der Waals surface area contributed by atoms with E-state index >= 15 is 0 Å². The highest BCUT2D eigenvalue weighted by molar-refractivity contribution is 5.74. The van der Waals surface area contributed by atoms with E-state index in [9.17, 15) is 0 Å². The van der Waals surface area contributed by atoms with Gasteiger partial charge >= 0.3 is 0 Å². The molecule has 1 atom stereocenters. The molecule has 1 aliphatic rings. The zero-order valence-electron chi connectivity index (χ0n) is 9.58. The molecule has 1 aromatic rings. The summed E-state index contributed by atoms with van der Waals surface area (Å²) in [5.74, 6) is 0.920. The van der Waals surface area contributed by atoms with Gasteiger partial charge in [0.15, 0.2) is 0 Å². The molecule has 1 aromatic carbocycles. The van der Waals surface area contributed by atoms with Gasteiger partial charge in [0, 0.05) is 25.2 Å². The van der Waals surface area contributed by atoms with E-state index in [0.29, 0.717) is 6.04 Å². The summed E-state index contributed by atoms with van der Waals surface area (Å²) in [6, 6.07) is 6.69. The number of rotatable bonds is 2. The van der Waals surface area contributed by atoms with Crippen molar-refractivity contribution in [1.29, 1.82) is 0 Å². The molecule has 2 rings (SSSR count). The van der Waals surface area contributed by atoms with Crippen molar-refractivity contribution >= 4 is 11.4 Å². The monoisotopic (exact) mass is 206 g/mol. The second-order valence-electron chi connectivity index (χ2n) is 3.97. The number of fused-ring (bicyclic) bond motifs is 1. The Morgan fingerprint density at radius 2 is 2.33 bits per heavy atom. The molecule has 0 fully saturated rings. The highest BCUT2D eigenvalue weighted by Crippen LogP contribution is 2.33. The molecule has 1 N–H and O–H groups in total. The minimum Gasteiger partial charge on any atom is -0.497 e. The van der Waals surface area contributed by atoms with E-state index in [0.717, 1.165) is 18.8 Å². The van der Waals surface area contributed by atoms with Gasteiger partial charge in [-0.05, 0) is 26.0 Å². The van der Waals surface area contributed by atoms with Crippen LogP contribution in [-0.4, -0.2) is 26.2 Å². The summed E-state index contributed by atoms with van der Waals surface area (Å²) in [4.78, 5) is 2.37. The lowest BCUT2D eigenvalue weighted by Gasteiger charge is -2.35. The summed E-state index contributed by atoms with van der Waals surface area (Å²) in [7, 11) is 1.71. The van der Waals surface area contributed by atoms with Gasteiger partial charge in [-0.15, -0.1) is 0 Å². The van der Waals surface area contributed by atoms with Crippen molar-refractivity contribution in [2.24, 2.45) is 0 Å². The summed E-state index contributed by atoms with van der Waals surface area (Å²) >= 11 is 0. The summed E-state index contributed by atoms with van der Waals surface area (Å²) in [6.07, 6.45) is 0. The fourth-order valence-electron chi connectivity index (χ4n) is 2.06. The molecule has 1 heterocycles. The maximum Gasteiger partial charge on any atom is 0.121 e. The molecule has 82 valence electrons. The summed E-state index contributed by atoms with van der Waals surface area (Å²) in [5, 5.41) is 3.48. The second-order valence-corrected chi connectivity index (χ2v) is 3.97. The Labute approximate surface area is 91.0 Å². The molecule has 1 aliphatic heterocycles. The van der Waals surface area contributed by atoms with Gasteiger partial charge in [-0.2, -0.15) is 0 Å². The first-order valence-electron chi connectivity index (χ1n) is 5.44. The van der Waals surface area contributed by atoms with Crippen molar-refractivity contribution in [3.63, 3.8) is 0 Å². The van der Waals surface area contributed by atoms with E-state index in [-0.39, 0.29) is 0 Å². The minimum atomic E-state index is 0.505. The number of methoxy groups -OCH3 is 1. The summed E-state index contributed by atoms with van der Waals surface area (Å²) in [5.41, 5.74) is 2.45. The Kier molecular flexibility index (Phi) is 2.71. The average Bonchev–Trinajstić information content (AvgIpc) is 2.27. The van der Waals surface area contributed by atoms with Gasteiger partial charge in [-0.3, -0.25) is 0 Å². The third kappa shape index (κ3) is 1.87. The van der Waals surface area contributed by atoms with E-state index in [2.05, 4.69) is 36.2 Å². The zero-order valence-corrected chi connectivity index (χ0v) is 9.58. The van der Waals surface area contributed by atoms with Crippen LogP contribution in [0.4, 0.5) is 11.4 Å². The number of nitrogens with zero attached hydrogens (tertiary/aromatic N) is 1. The van der Waals surface area contributed by atoms with Crippen molar-refractivity contribution in [1.82, 2.24) is 0 Å². The number of anilines is 2. The average molecular weight is 206 g/mol. The highest BCUT2D eigenvalue weighted by Gasteiger charge is 2.19. The molecule has 3 heteroatoms. The van der Waals surface area contributed by atoms with Crippen LogP contribution in [0.5, 0.6) is 5.75 Å². The third-order valence-corrected chi connectivity index (χ3v) is 2.82. The molecule has 0 aliphatic carbocycles. The fraction of sp³-hybridized carbons (Fsp3) is 0.500. The van der Waals surface area contributed by atoms with E-state index in [1.807, 2.05) is 6.07 Å². The molecule has 15 heavy (non-hydrogen) atoms. The second kappa shape index (κ2) is 4.01. The van der Waals surface area contributed by atoms with Crippen LogP contribution < -0.4 is 15.0 Å². The number of benzene rings is 1. The molecule has 1 unspecified atom stereocenters. The van der Waals surface area contributed by atoms with Crippen LogP contribution >= 0.6 is 0 Å². The number of likely N-dealkylation sites (N-methyl/N-ethyl adjacent to an activating group) is 1. The van der Waals surface area contributed by atoms with Gasteiger partial charge in [0.1, 0.15) is 5.75 Å². The van der Waals surface area contributed by atoms with Crippen LogP contribution in [0.1, 0.15) is 13.8 Å². The number of ether oxygens (including phenoxy) is 1. The largest absolute Gasteiger partial charge is 0.497 e. The van der Waals surface area contributed by atoms with Gasteiger partial charge < -0.3 is 15.0 Å². The molecule has 3 nitrogen and oxygen atoms in total. The van der Waals surface area contributed by atoms with Crippen LogP contribution in [0.3, 0.4) is 0 Å². The quantitative estimate of drug-likeness (QED) is 0.803. The van der Waals surface area contributed by atoms with Crippen LogP contribution in [0.2, 0.25) is 0 Å². The number of hydrogen-bond donors (Lipinski definition) is 1. The summed E-state index contributed by atoms with van der Waals surface area (Å²) in [6.45, 7) is 6.47. The Morgan fingerprint density at radius 3 is 3.00 bits per heavy atom. The molecular formula is C12H18N2O. The van der Waals surface area contributed by atoms with Gasteiger partial charge in [-0.1, -0.05) is 0 Å². The predicted octanol–water partition coefficient (Wildman–Crippen LogP) is 2.34. The molecule has 0 bridgehead atoms. The van der Waals surface area contributed by atoms with Crippen LogP contribution in [0.15, 0.2) is 18.2 Å². The Morgan fingerprint density at radius 1 is 1.53 bits per heavy atom. The van der Waals surface area contributed by atoms with Crippen LogP contribution in [-0.2, 0) is 0 Å². The standard InChI is InChI=1S/C12H18N2O/c1-4-14-8-9(2)13-11-6-5-10(15-3)7-12(11)14/h5-7,9,13H,4,8H2,1-3H3. The van der Waals surface area contributed by atoms with E-state index in [1.165, 1.54) is 11.4 Å². The van der Waals surface area contributed by atoms with E-state index in [4.69, 9.17) is 4.74 Å². The molecule has 0 saturated heterocycles. The first-order chi connectivity index (χ1) is 7.24. The molecule has 0 saturated carbocycles. The first-order valence-corrected chi connectivity index (χ1v) is 5.44. The van der Waals surface area contributed by atoms with E-state index < -0.39 is 0 Å². The molecular weight excluding hydrogens is 188 g/mol. The van der Waals surface area contributed by atoms with Crippen molar-refractivity contribution in [2.45, 2.75) is 19.9 Å². The van der Waals surface area contributed by atoms with Crippen molar-refractivity contribution in [2.75, 3.05) is 30.4 Å². The van der Waals surface area contributed by atoms with E-state index in [1.54, 1.807) is 7.11 Å². The van der Waals surface area contributed by atoms with Gasteiger partial charge in [-0.25, -0.2) is 0 Å². The Hall–Kier alpha value is -1.38. The van der Waals surface area contributed by atoms with Crippen molar-refractivity contribution < 1.29 is 4.74 Å². The smallest absolute Gasteiger partial charge is 0.121 e. The predicted molar refractivity (Wildman–Crippen MR) is 64.0 cm³/mol.